The zero-order valence-corrected chi connectivity index (χ0v) is 11.8. The fraction of sp³-hybridized carbons (Fsp3) is 0.714. The highest BCUT2D eigenvalue weighted by molar-refractivity contribution is 5.72. The second-order valence-electron chi connectivity index (χ2n) is 5.00. The number of nitrogens with zero attached hydrogens (tertiary/aromatic N) is 3. The Labute approximate surface area is 114 Å². The van der Waals surface area contributed by atoms with Gasteiger partial charge in [-0.25, -0.2) is 4.98 Å². The number of aryl methyl sites for hydroxylation is 1. The number of aromatic nitrogens is 2. The van der Waals surface area contributed by atoms with Crippen LogP contribution in [0.1, 0.15) is 32.4 Å². The molecule has 0 radical (unpaired) electrons. The van der Waals surface area contributed by atoms with Crippen LogP contribution in [0.15, 0.2) is 12.5 Å². The lowest BCUT2D eigenvalue weighted by Crippen LogP contribution is -2.39. The van der Waals surface area contributed by atoms with Crippen LogP contribution >= 0.6 is 0 Å². The van der Waals surface area contributed by atoms with Gasteiger partial charge in [0.1, 0.15) is 0 Å². The second-order valence-corrected chi connectivity index (χ2v) is 5.00. The molecule has 2 rings (SSSR count). The normalized spacial score (nSPS) is 20.4. The monoisotopic (exact) mass is 265 g/mol. The van der Waals surface area contributed by atoms with Crippen molar-refractivity contribution in [1.82, 2.24) is 14.5 Å². The Morgan fingerprint density at radius 3 is 3.11 bits per heavy atom. The summed E-state index contributed by atoms with van der Waals surface area (Å²) in [5.41, 5.74) is 1.21. The van der Waals surface area contributed by atoms with E-state index in [0.29, 0.717) is 6.61 Å². The highest BCUT2D eigenvalue weighted by Crippen LogP contribution is 2.19. The molecule has 5 heteroatoms. The van der Waals surface area contributed by atoms with Crippen molar-refractivity contribution in [1.29, 1.82) is 0 Å². The average Bonchev–Trinajstić information content (AvgIpc) is 2.86. The lowest BCUT2D eigenvalue weighted by Gasteiger charge is -2.31. The zero-order chi connectivity index (χ0) is 13.7. The Kier molecular flexibility index (Phi) is 4.96. The van der Waals surface area contributed by atoms with Crippen molar-refractivity contribution in [2.45, 2.75) is 39.8 Å². The highest BCUT2D eigenvalue weighted by atomic mass is 16.5. The molecule has 0 spiro atoms. The van der Waals surface area contributed by atoms with E-state index in [9.17, 15) is 4.79 Å². The van der Waals surface area contributed by atoms with Gasteiger partial charge in [0.25, 0.3) is 0 Å². The van der Waals surface area contributed by atoms with E-state index >= 15 is 0 Å². The molecule has 1 aromatic heterocycles. The van der Waals surface area contributed by atoms with Crippen molar-refractivity contribution < 1.29 is 9.53 Å². The smallest absolute Gasteiger partial charge is 0.310 e. The number of ether oxygens (including phenoxy) is 1. The lowest BCUT2D eigenvalue weighted by atomic mass is 9.98. The number of carbonyl (C=O) groups excluding carboxylic acids is 1. The summed E-state index contributed by atoms with van der Waals surface area (Å²) in [6.07, 6.45) is 5.78. The Morgan fingerprint density at radius 1 is 1.53 bits per heavy atom. The fourth-order valence-electron chi connectivity index (χ4n) is 2.65. The molecule has 19 heavy (non-hydrogen) atoms. The molecule has 1 unspecified atom stereocenters. The van der Waals surface area contributed by atoms with E-state index < -0.39 is 0 Å². The summed E-state index contributed by atoms with van der Waals surface area (Å²) >= 11 is 0. The van der Waals surface area contributed by atoms with Crippen LogP contribution in [0.5, 0.6) is 0 Å². The second kappa shape index (κ2) is 6.70. The van der Waals surface area contributed by atoms with Crippen LogP contribution in [0, 0.1) is 5.92 Å². The maximum Gasteiger partial charge on any atom is 0.310 e. The highest BCUT2D eigenvalue weighted by Gasteiger charge is 2.27. The molecular formula is C14H23N3O2. The molecule has 1 aromatic rings. The molecule has 1 saturated heterocycles. The first-order chi connectivity index (χ1) is 9.24. The van der Waals surface area contributed by atoms with Gasteiger partial charge in [-0.2, -0.15) is 0 Å². The third-order valence-electron chi connectivity index (χ3n) is 3.65. The number of likely N-dealkylation sites (tertiary alicyclic amines) is 1. The van der Waals surface area contributed by atoms with Crippen LogP contribution in [0.2, 0.25) is 0 Å². The summed E-state index contributed by atoms with van der Waals surface area (Å²) in [6.45, 7) is 8.09. The minimum absolute atomic E-state index is 0.0340. The molecule has 1 aliphatic heterocycles. The molecule has 0 bridgehead atoms. The number of rotatable bonds is 5. The molecule has 1 atom stereocenters. The van der Waals surface area contributed by atoms with Crippen LogP contribution in [0.4, 0.5) is 0 Å². The summed E-state index contributed by atoms with van der Waals surface area (Å²) in [5.74, 6) is -0.0112. The minimum atomic E-state index is -0.0452. The van der Waals surface area contributed by atoms with Crippen LogP contribution in [-0.2, 0) is 22.6 Å². The number of imidazole rings is 1. The molecule has 106 valence electrons. The molecule has 0 amide bonds. The Balaban J connectivity index is 1.92. The summed E-state index contributed by atoms with van der Waals surface area (Å²) < 4.78 is 7.27. The van der Waals surface area contributed by atoms with Gasteiger partial charge in [0, 0.05) is 25.8 Å². The number of piperidine rings is 1. The minimum Gasteiger partial charge on any atom is -0.466 e. The van der Waals surface area contributed by atoms with Crippen LogP contribution in [0.25, 0.3) is 0 Å². The molecule has 0 aromatic carbocycles. The van der Waals surface area contributed by atoms with Crippen molar-refractivity contribution >= 4 is 5.97 Å². The van der Waals surface area contributed by atoms with E-state index in [0.717, 1.165) is 39.0 Å². The van der Waals surface area contributed by atoms with Crippen molar-refractivity contribution in [3.63, 3.8) is 0 Å². The average molecular weight is 265 g/mol. The summed E-state index contributed by atoms with van der Waals surface area (Å²) in [6, 6.07) is 0. The molecule has 5 nitrogen and oxygen atoms in total. The Hall–Kier alpha value is -1.36. The number of hydrogen-bond acceptors (Lipinski definition) is 4. The molecule has 0 N–H and O–H groups in total. The molecule has 1 aliphatic rings. The largest absolute Gasteiger partial charge is 0.466 e. The van der Waals surface area contributed by atoms with E-state index in [1.54, 1.807) is 0 Å². The SMILES string of the molecule is CCOC(=O)C1CCCN(Cc2cncn2CC)C1. The number of esters is 1. The van der Waals surface area contributed by atoms with Crippen molar-refractivity contribution in [2.24, 2.45) is 5.92 Å². The van der Waals surface area contributed by atoms with Crippen LogP contribution in [-0.4, -0.2) is 40.1 Å². The maximum absolute atomic E-state index is 11.8. The van der Waals surface area contributed by atoms with Crippen molar-refractivity contribution in [3.05, 3.63) is 18.2 Å². The maximum atomic E-state index is 11.8. The topological polar surface area (TPSA) is 47.4 Å². The molecule has 1 fully saturated rings. The van der Waals surface area contributed by atoms with Gasteiger partial charge in [-0.1, -0.05) is 0 Å². The standard InChI is InChI=1S/C14H23N3O2/c1-3-17-11-15-8-13(17)10-16-7-5-6-12(9-16)14(18)19-4-2/h8,11-12H,3-7,9-10H2,1-2H3. The van der Waals surface area contributed by atoms with Gasteiger partial charge in [0.2, 0.25) is 0 Å². The molecular weight excluding hydrogens is 242 g/mol. The molecule has 0 aliphatic carbocycles. The molecule has 2 heterocycles. The first-order valence-corrected chi connectivity index (χ1v) is 7.12. The first-order valence-electron chi connectivity index (χ1n) is 7.12. The van der Waals surface area contributed by atoms with Crippen LogP contribution < -0.4 is 0 Å². The van der Waals surface area contributed by atoms with Crippen molar-refractivity contribution in [3.8, 4) is 0 Å². The predicted molar refractivity (Wildman–Crippen MR) is 72.5 cm³/mol. The first kappa shape index (κ1) is 14.1. The van der Waals surface area contributed by atoms with Gasteiger partial charge >= 0.3 is 5.97 Å². The predicted octanol–water partition coefficient (Wildman–Crippen LogP) is 1.68. The Bertz CT molecular complexity index is 417. The summed E-state index contributed by atoms with van der Waals surface area (Å²) in [5, 5.41) is 0. The fourth-order valence-corrected chi connectivity index (χ4v) is 2.65. The number of carbonyl (C=O) groups is 1. The third kappa shape index (κ3) is 3.56. The van der Waals surface area contributed by atoms with Gasteiger partial charge in [-0.15, -0.1) is 0 Å². The van der Waals surface area contributed by atoms with Gasteiger partial charge in [-0.3, -0.25) is 9.69 Å². The molecule has 0 saturated carbocycles. The van der Waals surface area contributed by atoms with Gasteiger partial charge < -0.3 is 9.30 Å². The van der Waals surface area contributed by atoms with Crippen molar-refractivity contribution in [2.75, 3.05) is 19.7 Å². The van der Waals surface area contributed by atoms with E-state index in [1.807, 2.05) is 19.4 Å². The Morgan fingerprint density at radius 2 is 2.37 bits per heavy atom. The number of hydrogen-bond donors (Lipinski definition) is 0. The van der Waals surface area contributed by atoms with E-state index in [4.69, 9.17) is 4.74 Å². The van der Waals surface area contributed by atoms with E-state index in [-0.39, 0.29) is 11.9 Å². The van der Waals surface area contributed by atoms with Gasteiger partial charge in [0.15, 0.2) is 0 Å². The summed E-state index contributed by atoms with van der Waals surface area (Å²) in [7, 11) is 0. The van der Waals surface area contributed by atoms with E-state index in [1.165, 1.54) is 5.69 Å². The third-order valence-corrected chi connectivity index (χ3v) is 3.65. The van der Waals surface area contributed by atoms with E-state index in [2.05, 4.69) is 21.4 Å². The zero-order valence-electron chi connectivity index (χ0n) is 11.8. The van der Waals surface area contributed by atoms with Gasteiger partial charge in [-0.05, 0) is 33.2 Å². The van der Waals surface area contributed by atoms with Crippen LogP contribution in [0.3, 0.4) is 0 Å². The lowest BCUT2D eigenvalue weighted by molar-refractivity contribution is -0.150. The van der Waals surface area contributed by atoms with Gasteiger partial charge in [0.05, 0.1) is 24.5 Å². The summed E-state index contributed by atoms with van der Waals surface area (Å²) in [4.78, 5) is 18.3. The quantitative estimate of drug-likeness (QED) is 0.760.